The number of aliphatic imine (C=N–C) groups is 1. The van der Waals surface area contributed by atoms with Gasteiger partial charge < -0.3 is 24.7 Å². The molecule has 3 aromatic rings. The van der Waals surface area contributed by atoms with Gasteiger partial charge in [-0.05, 0) is 87.2 Å². The minimum absolute atomic E-state index is 0.113. The number of H-pyrrole nitrogens is 1. The summed E-state index contributed by atoms with van der Waals surface area (Å²) in [7, 11) is 2.11. The Hall–Kier alpha value is -4.50. The first-order chi connectivity index (χ1) is 20.6. The van der Waals surface area contributed by atoms with Crippen LogP contribution >= 0.6 is 0 Å². The summed E-state index contributed by atoms with van der Waals surface area (Å²) in [4.78, 5) is 50.3. The van der Waals surface area contributed by atoms with Crippen molar-refractivity contribution < 1.29 is 9.59 Å². The predicted octanol–water partition coefficient (Wildman–Crippen LogP) is 4.47. The Kier molecular flexibility index (Phi) is 10.3. The van der Waals surface area contributed by atoms with E-state index in [0.717, 1.165) is 78.1 Å². The van der Waals surface area contributed by atoms with Gasteiger partial charge in [-0.1, -0.05) is 26.0 Å². The molecule has 0 spiro atoms. The molecule has 1 aromatic carbocycles. The van der Waals surface area contributed by atoms with Crippen molar-refractivity contribution in [3.05, 3.63) is 99.4 Å². The SMILES string of the molecule is C=CC(=O)Cn1ccc2c(C(=O)NCc3c(CCC)cc(C)[nH]c3=O)cc(/C(C)=C/C=C(\N=C)N3CCN(C)CC3)cc21. The third kappa shape index (κ3) is 7.48. The number of benzene rings is 1. The topological polar surface area (TPSA) is 103 Å². The van der Waals surface area contributed by atoms with Gasteiger partial charge in [0.05, 0.1) is 6.54 Å². The Labute approximate surface area is 253 Å². The van der Waals surface area contributed by atoms with E-state index in [0.29, 0.717) is 11.1 Å². The highest BCUT2D eigenvalue weighted by Crippen LogP contribution is 2.27. The van der Waals surface area contributed by atoms with Gasteiger partial charge >= 0.3 is 0 Å². The van der Waals surface area contributed by atoms with Gasteiger partial charge in [-0.15, -0.1) is 0 Å². The maximum Gasteiger partial charge on any atom is 0.253 e. The summed E-state index contributed by atoms with van der Waals surface area (Å²) in [6, 6.07) is 7.67. The molecule has 1 aliphatic rings. The second-order valence-electron chi connectivity index (χ2n) is 11.1. The number of amides is 1. The smallest absolute Gasteiger partial charge is 0.253 e. The number of hydrogen-bond acceptors (Lipinski definition) is 6. The van der Waals surface area contributed by atoms with Gasteiger partial charge in [-0.2, -0.15) is 0 Å². The van der Waals surface area contributed by atoms with Crippen LogP contribution in [-0.4, -0.2) is 71.0 Å². The largest absolute Gasteiger partial charge is 0.354 e. The number of rotatable bonds is 12. The third-order valence-corrected chi connectivity index (χ3v) is 7.92. The van der Waals surface area contributed by atoms with Crippen molar-refractivity contribution in [1.29, 1.82) is 0 Å². The number of nitrogens with zero attached hydrogens (tertiary/aromatic N) is 4. The standard InChI is InChI=1S/C34H42N6O3/c1-7-9-25-18-24(4)37-34(43)30(25)21-36-33(42)29-19-26(20-31-28(29)12-13-40(31)22-27(41)8-2)23(3)10-11-32(35-5)39-16-14-38(6)15-17-39/h8,10-13,18-20H,2,5,7,9,14-17,21-22H2,1,3-4,6H3,(H,36,42)(H,37,43)/b23-10+,32-11+. The number of fused-ring (bicyclic) bond motifs is 1. The first-order valence-electron chi connectivity index (χ1n) is 14.7. The number of carbonyl (C=O) groups excluding carboxylic acids is 2. The van der Waals surface area contributed by atoms with Gasteiger partial charge in [-0.25, -0.2) is 4.99 Å². The fraction of sp³-hybridized carbons (Fsp3) is 0.353. The highest BCUT2D eigenvalue weighted by molar-refractivity contribution is 6.08. The molecule has 43 heavy (non-hydrogen) atoms. The number of aromatic amines is 1. The molecule has 9 heteroatoms. The second-order valence-corrected chi connectivity index (χ2v) is 11.1. The molecule has 0 bridgehead atoms. The molecule has 1 aliphatic heterocycles. The molecule has 9 nitrogen and oxygen atoms in total. The number of hydrogen-bond donors (Lipinski definition) is 2. The van der Waals surface area contributed by atoms with Crippen molar-refractivity contribution in [3.63, 3.8) is 0 Å². The maximum atomic E-state index is 13.7. The molecule has 0 unspecified atom stereocenters. The molecule has 1 amide bonds. The van der Waals surface area contributed by atoms with Gasteiger partial charge in [0, 0.05) is 66.6 Å². The van der Waals surface area contributed by atoms with E-state index in [1.54, 1.807) is 0 Å². The van der Waals surface area contributed by atoms with Crippen LogP contribution in [0.5, 0.6) is 0 Å². The number of pyridine rings is 1. The van der Waals surface area contributed by atoms with Crippen LogP contribution < -0.4 is 10.9 Å². The molecule has 0 saturated carbocycles. The summed E-state index contributed by atoms with van der Waals surface area (Å²) in [6.45, 7) is 17.2. The Morgan fingerprint density at radius 1 is 1.14 bits per heavy atom. The zero-order valence-electron chi connectivity index (χ0n) is 25.7. The lowest BCUT2D eigenvalue weighted by Gasteiger charge is -2.33. The quantitative estimate of drug-likeness (QED) is 0.186. The molecule has 0 radical (unpaired) electrons. The number of aromatic nitrogens is 2. The summed E-state index contributed by atoms with van der Waals surface area (Å²) in [6.07, 6.45) is 8.69. The van der Waals surface area contributed by atoms with E-state index in [1.807, 2.05) is 61.0 Å². The lowest BCUT2D eigenvalue weighted by molar-refractivity contribution is -0.115. The Morgan fingerprint density at radius 3 is 2.56 bits per heavy atom. The predicted molar refractivity (Wildman–Crippen MR) is 174 cm³/mol. The van der Waals surface area contributed by atoms with Crippen molar-refractivity contribution in [2.24, 2.45) is 4.99 Å². The molecular weight excluding hydrogens is 540 g/mol. The highest BCUT2D eigenvalue weighted by atomic mass is 16.2. The van der Waals surface area contributed by atoms with E-state index in [-0.39, 0.29) is 30.3 Å². The van der Waals surface area contributed by atoms with Crippen LogP contribution in [0.15, 0.2) is 70.9 Å². The van der Waals surface area contributed by atoms with Gasteiger partial charge in [0.1, 0.15) is 5.82 Å². The molecule has 2 aromatic heterocycles. The lowest BCUT2D eigenvalue weighted by atomic mass is 9.99. The van der Waals surface area contributed by atoms with E-state index in [1.165, 1.54) is 6.08 Å². The molecule has 3 heterocycles. The molecule has 1 saturated heterocycles. The Bertz CT molecular complexity index is 1650. The molecule has 226 valence electrons. The summed E-state index contributed by atoms with van der Waals surface area (Å²) >= 11 is 0. The van der Waals surface area contributed by atoms with Crippen LogP contribution in [0.4, 0.5) is 0 Å². The van der Waals surface area contributed by atoms with Crippen molar-refractivity contribution in [3.8, 4) is 0 Å². The first-order valence-corrected chi connectivity index (χ1v) is 14.7. The fourth-order valence-electron chi connectivity index (χ4n) is 5.41. The van der Waals surface area contributed by atoms with Gasteiger partial charge in [-0.3, -0.25) is 14.4 Å². The van der Waals surface area contributed by atoms with Crippen molar-refractivity contribution in [1.82, 2.24) is 24.7 Å². The second kappa shape index (κ2) is 14.1. The average molecular weight is 583 g/mol. The normalized spacial score (nSPS) is 14.7. The van der Waals surface area contributed by atoms with Gasteiger partial charge in [0.15, 0.2) is 5.78 Å². The van der Waals surface area contributed by atoms with Crippen molar-refractivity contribution in [2.45, 2.75) is 46.7 Å². The summed E-state index contributed by atoms with van der Waals surface area (Å²) < 4.78 is 1.83. The molecular formula is C34H42N6O3. The van der Waals surface area contributed by atoms with E-state index >= 15 is 0 Å². The van der Waals surface area contributed by atoms with Crippen LogP contribution in [0.3, 0.4) is 0 Å². The number of piperazine rings is 1. The van der Waals surface area contributed by atoms with Crippen LogP contribution in [0.25, 0.3) is 16.5 Å². The van der Waals surface area contributed by atoms with E-state index < -0.39 is 0 Å². The Morgan fingerprint density at radius 2 is 1.88 bits per heavy atom. The Balaban J connectivity index is 1.71. The third-order valence-electron chi connectivity index (χ3n) is 7.92. The molecule has 2 N–H and O–H groups in total. The van der Waals surface area contributed by atoms with Gasteiger partial charge in [0.25, 0.3) is 11.5 Å². The number of ketones is 1. The van der Waals surface area contributed by atoms with E-state index in [2.05, 4.69) is 52.4 Å². The monoisotopic (exact) mass is 582 g/mol. The van der Waals surface area contributed by atoms with Crippen LogP contribution in [0.1, 0.15) is 53.0 Å². The average Bonchev–Trinajstić information content (AvgIpc) is 3.39. The zero-order chi connectivity index (χ0) is 31.1. The van der Waals surface area contributed by atoms with Crippen LogP contribution in [0.2, 0.25) is 0 Å². The summed E-state index contributed by atoms with van der Waals surface area (Å²) in [5.41, 5.74) is 5.11. The van der Waals surface area contributed by atoms with Crippen LogP contribution in [0, 0.1) is 6.92 Å². The molecule has 1 fully saturated rings. The summed E-state index contributed by atoms with van der Waals surface area (Å²) in [5, 5.41) is 3.70. The number of allylic oxidation sites excluding steroid dienone is 4. The van der Waals surface area contributed by atoms with Crippen LogP contribution in [-0.2, 0) is 24.3 Å². The molecule has 4 rings (SSSR count). The minimum atomic E-state index is -0.295. The van der Waals surface area contributed by atoms with E-state index in [4.69, 9.17) is 0 Å². The molecule has 0 atom stereocenters. The lowest BCUT2D eigenvalue weighted by Crippen LogP contribution is -2.43. The van der Waals surface area contributed by atoms with E-state index in [9.17, 15) is 14.4 Å². The summed E-state index contributed by atoms with van der Waals surface area (Å²) in [5.74, 6) is 0.383. The fourth-order valence-corrected chi connectivity index (χ4v) is 5.41. The number of carbonyl (C=O) groups is 2. The van der Waals surface area contributed by atoms with Crippen molar-refractivity contribution in [2.75, 3.05) is 33.2 Å². The van der Waals surface area contributed by atoms with Crippen molar-refractivity contribution >= 4 is 34.9 Å². The van der Waals surface area contributed by atoms with Gasteiger partial charge in [0.2, 0.25) is 0 Å². The maximum absolute atomic E-state index is 13.7. The molecule has 0 aliphatic carbocycles. The zero-order valence-corrected chi connectivity index (χ0v) is 25.7. The number of likely N-dealkylation sites (N-methyl/N-ethyl adjacent to an activating group) is 1. The first kappa shape index (κ1) is 31.4. The minimum Gasteiger partial charge on any atom is -0.354 e. The highest BCUT2D eigenvalue weighted by Gasteiger charge is 2.18. The number of aryl methyl sites for hydroxylation is 2. The number of nitrogens with one attached hydrogen (secondary N) is 2.